The van der Waals surface area contributed by atoms with Crippen molar-refractivity contribution in [2.45, 2.75) is 51.7 Å². The normalized spacial score (nSPS) is 21.2. The number of aromatic nitrogens is 2. The van der Waals surface area contributed by atoms with Crippen LogP contribution < -0.4 is 4.74 Å². The van der Waals surface area contributed by atoms with Gasteiger partial charge in [0.05, 0.1) is 19.2 Å². The van der Waals surface area contributed by atoms with E-state index in [1.807, 2.05) is 19.9 Å². The van der Waals surface area contributed by atoms with Crippen molar-refractivity contribution in [3.8, 4) is 5.88 Å². The first-order valence-corrected chi connectivity index (χ1v) is 12.3. The van der Waals surface area contributed by atoms with Gasteiger partial charge in [-0.05, 0) is 61.9 Å². The molecule has 0 bridgehead atoms. The molecule has 3 heterocycles. The molecule has 35 heavy (non-hydrogen) atoms. The van der Waals surface area contributed by atoms with Gasteiger partial charge in [-0.1, -0.05) is 13.0 Å². The topological polar surface area (TPSA) is 95.9 Å². The first-order valence-electron chi connectivity index (χ1n) is 12.3. The average molecular weight is 479 g/mol. The molecule has 0 saturated carbocycles. The van der Waals surface area contributed by atoms with E-state index in [0.717, 1.165) is 24.8 Å². The van der Waals surface area contributed by atoms with Crippen LogP contribution >= 0.6 is 0 Å². The van der Waals surface area contributed by atoms with Crippen LogP contribution in [0, 0.1) is 5.92 Å². The molecule has 1 aliphatic heterocycles. The zero-order chi connectivity index (χ0) is 24.9. The van der Waals surface area contributed by atoms with Crippen molar-refractivity contribution in [3.63, 3.8) is 0 Å². The largest absolute Gasteiger partial charge is 0.472 e. The molecule has 2 amide bonds. The number of carbonyl (C=O) groups is 2. The van der Waals surface area contributed by atoms with Gasteiger partial charge in [0.25, 0.3) is 11.8 Å². The molecule has 0 radical (unpaired) electrons. The zero-order valence-electron chi connectivity index (χ0n) is 20.7. The van der Waals surface area contributed by atoms with Gasteiger partial charge in [0.1, 0.15) is 11.7 Å². The Bertz CT molecular complexity index is 1090. The molecule has 4 rings (SSSR count). The average Bonchev–Trinajstić information content (AvgIpc) is 2.90. The number of carbonyl (C=O) groups excluding carboxylic acids is 2. The van der Waals surface area contributed by atoms with Crippen molar-refractivity contribution >= 4 is 17.4 Å². The Morgan fingerprint density at radius 1 is 1.31 bits per heavy atom. The van der Waals surface area contributed by atoms with Crippen LogP contribution in [-0.2, 0) is 0 Å². The molecule has 2 aromatic rings. The number of amides is 2. The van der Waals surface area contributed by atoms with Crippen LogP contribution in [0.1, 0.15) is 65.8 Å². The molecule has 8 nitrogen and oxygen atoms in total. The Morgan fingerprint density at radius 2 is 2.09 bits per heavy atom. The van der Waals surface area contributed by atoms with Crippen molar-refractivity contribution in [2.75, 3.05) is 26.7 Å². The lowest BCUT2D eigenvalue weighted by Crippen LogP contribution is -2.50. The summed E-state index contributed by atoms with van der Waals surface area (Å²) in [7, 11) is 1.74. The molecule has 8 heteroatoms. The standard InChI is InChI=1S/C27H34N4O4/c1-18-15-31(19(2)17-32)27(34)23-13-22(20-7-5-4-6-8-20)14-29-25(23)35-24(18)16-30(3)26(33)21-9-11-28-12-10-21/h7,9-14,18-19,24,32H,4-6,8,15-17H2,1-3H3/t18-,19+,24+/m0/s1. The van der Waals surface area contributed by atoms with Crippen LogP contribution in [0.3, 0.4) is 0 Å². The quantitative estimate of drug-likeness (QED) is 0.684. The van der Waals surface area contributed by atoms with E-state index >= 15 is 0 Å². The molecule has 0 saturated heterocycles. The highest BCUT2D eigenvalue weighted by Crippen LogP contribution is 2.32. The van der Waals surface area contributed by atoms with Gasteiger partial charge in [-0.25, -0.2) is 4.98 Å². The number of aliphatic hydroxyl groups excluding tert-OH is 1. The first kappa shape index (κ1) is 24.9. The minimum absolute atomic E-state index is 0.101. The Labute approximate surface area is 206 Å². The lowest BCUT2D eigenvalue weighted by molar-refractivity contribution is 0.0313. The summed E-state index contributed by atoms with van der Waals surface area (Å²) in [5.41, 5.74) is 3.09. The van der Waals surface area contributed by atoms with Gasteiger partial charge in [0.15, 0.2) is 0 Å². The zero-order valence-corrected chi connectivity index (χ0v) is 20.7. The molecule has 186 valence electrons. The maximum absolute atomic E-state index is 13.6. The predicted octanol–water partition coefficient (Wildman–Crippen LogP) is 3.43. The van der Waals surface area contributed by atoms with E-state index in [2.05, 4.69) is 16.0 Å². The highest BCUT2D eigenvalue weighted by atomic mass is 16.5. The number of aliphatic hydroxyl groups is 1. The molecule has 0 spiro atoms. The third-order valence-electron chi connectivity index (χ3n) is 6.91. The van der Waals surface area contributed by atoms with Crippen LogP contribution in [-0.4, -0.2) is 75.6 Å². The Balaban J connectivity index is 1.66. The molecule has 0 aromatic carbocycles. The van der Waals surface area contributed by atoms with Gasteiger partial charge < -0.3 is 19.6 Å². The molecule has 2 aliphatic rings. The molecule has 3 atom stereocenters. The molecular weight excluding hydrogens is 444 g/mol. The minimum Gasteiger partial charge on any atom is -0.472 e. The lowest BCUT2D eigenvalue weighted by Gasteiger charge is -2.37. The van der Waals surface area contributed by atoms with Crippen molar-refractivity contribution in [1.29, 1.82) is 0 Å². The molecule has 1 aliphatic carbocycles. The Hall–Kier alpha value is -3.26. The summed E-state index contributed by atoms with van der Waals surface area (Å²) in [6.45, 7) is 4.41. The number of allylic oxidation sites excluding steroid dienone is 2. The number of hydrogen-bond donors (Lipinski definition) is 1. The number of rotatable bonds is 6. The fourth-order valence-corrected chi connectivity index (χ4v) is 4.66. The van der Waals surface area contributed by atoms with Crippen molar-refractivity contribution in [3.05, 3.63) is 59.6 Å². The highest BCUT2D eigenvalue weighted by Gasteiger charge is 2.35. The van der Waals surface area contributed by atoms with Crippen LogP contribution in [0.5, 0.6) is 5.88 Å². The smallest absolute Gasteiger partial charge is 0.259 e. The summed E-state index contributed by atoms with van der Waals surface area (Å²) in [5.74, 6) is -0.156. The summed E-state index contributed by atoms with van der Waals surface area (Å²) >= 11 is 0. The SMILES string of the molecule is C[C@H](CO)N1C[C@H](C)[C@@H](CN(C)C(=O)c2ccncc2)Oc2ncc(C3=CCCCC3)cc2C1=O. The summed E-state index contributed by atoms with van der Waals surface area (Å²) in [4.78, 5) is 38.4. The molecule has 0 fully saturated rings. The second-order valence-electron chi connectivity index (χ2n) is 9.60. The molecular formula is C27H34N4O4. The van der Waals surface area contributed by atoms with Crippen LogP contribution in [0.4, 0.5) is 0 Å². The third kappa shape index (κ3) is 5.53. The Kier molecular flexibility index (Phi) is 7.80. The maximum Gasteiger partial charge on any atom is 0.259 e. The fourth-order valence-electron chi connectivity index (χ4n) is 4.66. The second kappa shape index (κ2) is 11.0. The van der Waals surface area contributed by atoms with Crippen molar-refractivity contribution < 1.29 is 19.4 Å². The molecule has 2 aromatic heterocycles. The first-order chi connectivity index (χ1) is 16.9. The second-order valence-corrected chi connectivity index (χ2v) is 9.60. The van der Waals surface area contributed by atoms with E-state index in [1.54, 1.807) is 47.6 Å². The van der Waals surface area contributed by atoms with Crippen LogP contribution in [0.2, 0.25) is 0 Å². The van der Waals surface area contributed by atoms with E-state index in [1.165, 1.54) is 12.0 Å². The van der Waals surface area contributed by atoms with E-state index < -0.39 is 6.10 Å². The predicted molar refractivity (Wildman–Crippen MR) is 133 cm³/mol. The number of nitrogens with zero attached hydrogens (tertiary/aromatic N) is 4. The van der Waals surface area contributed by atoms with E-state index in [9.17, 15) is 14.7 Å². The van der Waals surface area contributed by atoms with Gasteiger partial charge in [-0.15, -0.1) is 0 Å². The van der Waals surface area contributed by atoms with Gasteiger partial charge in [-0.3, -0.25) is 14.6 Å². The van der Waals surface area contributed by atoms with E-state index in [0.29, 0.717) is 24.2 Å². The number of ether oxygens (including phenoxy) is 1. The maximum atomic E-state index is 13.6. The van der Waals surface area contributed by atoms with Gasteiger partial charge >= 0.3 is 0 Å². The minimum atomic E-state index is -0.390. The number of likely N-dealkylation sites (N-methyl/N-ethyl adjacent to an activating group) is 1. The van der Waals surface area contributed by atoms with Gasteiger partial charge in [0, 0.05) is 43.7 Å². The number of fused-ring (bicyclic) bond motifs is 1. The summed E-state index contributed by atoms with van der Waals surface area (Å²) < 4.78 is 6.33. The summed E-state index contributed by atoms with van der Waals surface area (Å²) in [5, 5.41) is 9.86. The van der Waals surface area contributed by atoms with Crippen LogP contribution in [0.25, 0.3) is 5.57 Å². The number of hydrogen-bond acceptors (Lipinski definition) is 6. The Morgan fingerprint density at radius 3 is 2.77 bits per heavy atom. The van der Waals surface area contributed by atoms with E-state index in [-0.39, 0.29) is 36.3 Å². The summed E-state index contributed by atoms with van der Waals surface area (Å²) in [6, 6.07) is 4.88. The summed E-state index contributed by atoms with van der Waals surface area (Å²) in [6.07, 6.45) is 11.1. The molecule has 0 unspecified atom stereocenters. The molecule has 1 N–H and O–H groups in total. The third-order valence-corrected chi connectivity index (χ3v) is 6.91. The van der Waals surface area contributed by atoms with Crippen LogP contribution in [0.15, 0.2) is 42.9 Å². The van der Waals surface area contributed by atoms with Gasteiger partial charge in [-0.2, -0.15) is 0 Å². The van der Waals surface area contributed by atoms with Crippen molar-refractivity contribution in [1.82, 2.24) is 19.8 Å². The van der Waals surface area contributed by atoms with E-state index in [4.69, 9.17) is 4.74 Å². The highest BCUT2D eigenvalue weighted by molar-refractivity contribution is 5.97. The number of pyridine rings is 2. The lowest BCUT2D eigenvalue weighted by atomic mass is 9.93. The monoisotopic (exact) mass is 478 g/mol. The van der Waals surface area contributed by atoms with Gasteiger partial charge in [0.2, 0.25) is 5.88 Å². The fraction of sp³-hybridized carbons (Fsp3) is 0.481. The van der Waals surface area contributed by atoms with Crippen molar-refractivity contribution in [2.24, 2.45) is 5.92 Å².